The summed E-state index contributed by atoms with van der Waals surface area (Å²) in [6, 6.07) is 14.9. The summed E-state index contributed by atoms with van der Waals surface area (Å²) in [6.45, 7) is 3.73. The van der Waals surface area contributed by atoms with Crippen molar-refractivity contribution in [3.8, 4) is 0 Å². The monoisotopic (exact) mass is 294 g/mol. The van der Waals surface area contributed by atoms with Crippen molar-refractivity contribution in [2.45, 2.75) is 19.3 Å². The first-order chi connectivity index (χ1) is 10.4. The van der Waals surface area contributed by atoms with Crippen molar-refractivity contribution in [1.29, 1.82) is 0 Å². The van der Waals surface area contributed by atoms with Gasteiger partial charge < -0.3 is 10.2 Å². The molecule has 2 aromatic rings. The number of carbonyl (C=O) groups excluding carboxylic acids is 2. The number of anilines is 2. The molecule has 0 aliphatic carbocycles. The molecule has 3 rings (SSSR count). The molecule has 0 aromatic heterocycles. The molecule has 1 aliphatic rings. The zero-order valence-electron chi connectivity index (χ0n) is 12.9. The Bertz CT molecular complexity index is 751. The number of benzene rings is 2. The third-order valence-electron chi connectivity index (χ3n) is 4.20. The summed E-state index contributed by atoms with van der Waals surface area (Å²) in [5, 5.41) is 2.85. The van der Waals surface area contributed by atoms with E-state index in [4.69, 9.17) is 0 Å². The highest BCUT2D eigenvalue weighted by atomic mass is 16.2. The smallest absolute Gasteiger partial charge is 0.258 e. The molecule has 0 atom stereocenters. The molecule has 1 N–H and O–H groups in total. The second-order valence-electron chi connectivity index (χ2n) is 6.04. The molecule has 0 radical (unpaired) electrons. The summed E-state index contributed by atoms with van der Waals surface area (Å²) < 4.78 is 0. The molecule has 2 amide bonds. The van der Waals surface area contributed by atoms with Gasteiger partial charge >= 0.3 is 0 Å². The van der Waals surface area contributed by atoms with E-state index in [0.29, 0.717) is 5.56 Å². The Labute approximate surface area is 129 Å². The molecule has 112 valence electrons. The van der Waals surface area contributed by atoms with Gasteiger partial charge in [-0.3, -0.25) is 9.59 Å². The van der Waals surface area contributed by atoms with Crippen molar-refractivity contribution in [2.24, 2.45) is 0 Å². The van der Waals surface area contributed by atoms with Crippen LogP contribution in [0.15, 0.2) is 48.5 Å². The number of amides is 2. The number of para-hydroxylation sites is 1. The molecule has 4 nitrogen and oxygen atoms in total. The highest BCUT2D eigenvalue weighted by Crippen LogP contribution is 2.37. The van der Waals surface area contributed by atoms with E-state index in [9.17, 15) is 9.59 Å². The van der Waals surface area contributed by atoms with Gasteiger partial charge in [-0.25, -0.2) is 0 Å². The summed E-state index contributed by atoms with van der Waals surface area (Å²) in [5.74, 6) is -0.132. The van der Waals surface area contributed by atoms with Crippen LogP contribution in [0, 0.1) is 0 Å². The van der Waals surface area contributed by atoms with E-state index in [1.807, 2.05) is 50.2 Å². The highest BCUT2D eigenvalue weighted by molar-refractivity contribution is 6.09. The van der Waals surface area contributed by atoms with Crippen LogP contribution in [0.2, 0.25) is 0 Å². The Balaban J connectivity index is 1.96. The topological polar surface area (TPSA) is 49.4 Å². The Kier molecular flexibility index (Phi) is 3.24. The fourth-order valence-electron chi connectivity index (χ4n) is 2.67. The Morgan fingerprint density at radius 2 is 1.77 bits per heavy atom. The first kappa shape index (κ1) is 14.3. The maximum Gasteiger partial charge on any atom is 0.258 e. The van der Waals surface area contributed by atoms with Gasteiger partial charge in [0.1, 0.15) is 0 Å². The van der Waals surface area contributed by atoms with Gasteiger partial charge in [-0.05, 0) is 49.7 Å². The van der Waals surface area contributed by atoms with E-state index in [1.54, 1.807) is 24.1 Å². The number of nitrogens with one attached hydrogen (secondary N) is 1. The van der Waals surface area contributed by atoms with Crippen molar-refractivity contribution in [3.63, 3.8) is 0 Å². The summed E-state index contributed by atoms with van der Waals surface area (Å²) in [7, 11) is 1.75. The van der Waals surface area contributed by atoms with E-state index in [0.717, 1.165) is 16.9 Å². The Morgan fingerprint density at radius 3 is 2.45 bits per heavy atom. The van der Waals surface area contributed by atoms with Crippen molar-refractivity contribution in [2.75, 3.05) is 17.3 Å². The van der Waals surface area contributed by atoms with E-state index >= 15 is 0 Å². The van der Waals surface area contributed by atoms with Gasteiger partial charge in [-0.15, -0.1) is 0 Å². The minimum atomic E-state index is -0.614. The van der Waals surface area contributed by atoms with Gasteiger partial charge in [0.05, 0.1) is 5.41 Å². The first-order valence-electron chi connectivity index (χ1n) is 7.20. The molecule has 22 heavy (non-hydrogen) atoms. The fraction of sp³-hybridized carbons (Fsp3) is 0.222. The van der Waals surface area contributed by atoms with E-state index < -0.39 is 5.41 Å². The van der Waals surface area contributed by atoms with Crippen LogP contribution in [0.3, 0.4) is 0 Å². The van der Waals surface area contributed by atoms with Crippen molar-refractivity contribution in [3.05, 3.63) is 59.7 Å². The average molecular weight is 294 g/mol. The number of fused-ring (bicyclic) bond motifs is 1. The van der Waals surface area contributed by atoms with Crippen LogP contribution in [-0.2, 0) is 10.2 Å². The molecular weight excluding hydrogens is 276 g/mol. The van der Waals surface area contributed by atoms with Crippen molar-refractivity contribution in [1.82, 2.24) is 0 Å². The summed E-state index contributed by atoms with van der Waals surface area (Å²) in [4.78, 5) is 26.3. The van der Waals surface area contributed by atoms with Crippen LogP contribution >= 0.6 is 0 Å². The molecule has 0 unspecified atom stereocenters. The number of nitrogens with zero attached hydrogens (tertiary/aromatic N) is 1. The van der Waals surface area contributed by atoms with Crippen LogP contribution in [0.1, 0.15) is 29.8 Å². The van der Waals surface area contributed by atoms with Crippen molar-refractivity contribution < 1.29 is 9.59 Å². The van der Waals surface area contributed by atoms with Crippen molar-refractivity contribution >= 4 is 23.2 Å². The van der Waals surface area contributed by atoms with Gasteiger partial charge in [-0.1, -0.05) is 18.2 Å². The van der Waals surface area contributed by atoms with Crippen LogP contribution in [0.4, 0.5) is 11.4 Å². The first-order valence-corrected chi connectivity index (χ1v) is 7.20. The fourth-order valence-corrected chi connectivity index (χ4v) is 2.67. The van der Waals surface area contributed by atoms with Gasteiger partial charge in [-0.2, -0.15) is 0 Å². The van der Waals surface area contributed by atoms with Crippen LogP contribution in [0.25, 0.3) is 0 Å². The lowest BCUT2D eigenvalue weighted by Gasteiger charge is -2.19. The molecule has 1 heterocycles. The average Bonchev–Trinajstić information content (AvgIpc) is 2.76. The second kappa shape index (κ2) is 4.98. The minimum Gasteiger partial charge on any atom is -0.325 e. The molecule has 2 aromatic carbocycles. The molecule has 0 spiro atoms. The predicted octanol–water partition coefficient (Wildman–Crippen LogP) is 3.19. The molecule has 0 saturated carbocycles. The zero-order chi connectivity index (χ0) is 15.9. The van der Waals surface area contributed by atoms with Gasteiger partial charge in [0, 0.05) is 24.0 Å². The van der Waals surface area contributed by atoms with Gasteiger partial charge in [0.25, 0.3) is 5.91 Å². The molecule has 0 bridgehead atoms. The number of hydrogen-bond donors (Lipinski definition) is 1. The summed E-state index contributed by atoms with van der Waals surface area (Å²) in [6.07, 6.45) is 0. The molecule has 0 fully saturated rings. The van der Waals surface area contributed by atoms with E-state index in [2.05, 4.69) is 5.32 Å². The third-order valence-corrected chi connectivity index (χ3v) is 4.20. The lowest BCUT2D eigenvalue weighted by molar-refractivity contribution is -0.119. The predicted molar refractivity (Wildman–Crippen MR) is 87.3 cm³/mol. The molecule has 1 aliphatic heterocycles. The minimum absolute atomic E-state index is 0.0384. The Hall–Kier alpha value is -2.62. The summed E-state index contributed by atoms with van der Waals surface area (Å²) >= 11 is 0. The number of rotatable bonds is 2. The van der Waals surface area contributed by atoms with Gasteiger partial charge in [0.15, 0.2) is 0 Å². The SMILES string of the molecule is CN(C(=O)c1ccc2c(c1)C(C)(C)C(=O)N2)c1ccccc1. The standard InChI is InChI=1S/C18H18N2O2/c1-18(2)14-11-12(9-10-15(14)19-17(18)22)16(21)20(3)13-7-5-4-6-8-13/h4-11H,1-3H3,(H,19,22). The zero-order valence-corrected chi connectivity index (χ0v) is 12.9. The maximum absolute atomic E-state index is 12.7. The lowest BCUT2D eigenvalue weighted by atomic mass is 9.85. The largest absolute Gasteiger partial charge is 0.325 e. The van der Waals surface area contributed by atoms with Crippen LogP contribution in [-0.4, -0.2) is 18.9 Å². The maximum atomic E-state index is 12.7. The number of hydrogen-bond acceptors (Lipinski definition) is 2. The number of carbonyl (C=O) groups is 2. The summed E-state index contributed by atoms with van der Waals surface area (Å²) in [5.41, 5.74) is 2.45. The Morgan fingerprint density at radius 1 is 1.09 bits per heavy atom. The molecular formula is C18H18N2O2. The lowest BCUT2D eigenvalue weighted by Crippen LogP contribution is -2.28. The molecule has 4 heteroatoms. The van der Waals surface area contributed by atoms with Crippen LogP contribution in [0.5, 0.6) is 0 Å². The van der Waals surface area contributed by atoms with Gasteiger partial charge in [0.2, 0.25) is 5.91 Å². The molecule has 0 saturated heterocycles. The van der Waals surface area contributed by atoms with E-state index in [1.165, 1.54) is 0 Å². The highest BCUT2D eigenvalue weighted by Gasteiger charge is 2.38. The van der Waals surface area contributed by atoms with Crippen LogP contribution < -0.4 is 10.2 Å². The normalized spacial score (nSPS) is 15.1. The quantitative estimate of drug-likeness (QED) is 0.924. The second-order valence-corrected chi connectivity index (χ2v) is 6.04. The van der Waals surface area contributed by atoms with E-state index in [-0.39, 0.29) is 11.8 Å². The third kappa shape index (κ3) is 2.17.